The molecule has 1 atom stereocenters. The van der Waals surface area contributed by atoms with Gasteiger partial charge in [-0.15, -0.1) is 12.4 Å². The standard InChI is InChI=1S/C17H27NO2.ClH/c1-2-3-4-5-6-10-13-20-17(19)16(18)14-15-11-8-7-9-12-15;/h7-9,11-12,16H,2-6,10,13-14,18H2,1H3;1H. The second-order valence-corrected chi connectivity index (χ2v) is 5.23. The molecule has 0 saturated carbocycles. The lowest BCUT2D eigenvalue weighted by molar-refractivity contribution is -0.145. The predicted octanol–water partition coefficient (Wildman–Crippen LogP) is 3.88. The minimum atomic E-state index is -0.558. The third-order valence-electron chi connectivity index (χ3n) is 3.34. The van der Waals surface area contributed by atoms with Crippen molar-refractivity contribution < 1.29 is 9.53 Å². The number of esters is 1. The van der Waals surface area contributed by atoms with Gasteiger partial charge in [0, 0.05) is 0 Å². The summed E-state index contributed by atoms with van der Waals surface area (Å²) in [7, 11) is 0. The maximum Gasteiger partial charge on any atom is 0.323 e. The lowest BCUT2D eigenvalue weighted by Gasteiger charge is -2.11. The van der Waals surface area contributed by atoms with E-state index in [1.54, 1.807) is 0 Å². The van der Waals surface area contributed by atoms with Gasteiger partial charge in [-0.1, -0.05) is 69.4 Å². The Bertz CT molecular complexity index is 370. The fraction of sp³-hybridized carbons (Fsp3) is 0.588. The Balaban J connectivity index is 0.00000400. The fourth-order valence-corrected chi connectivity index (χ4v) is 2.11. The number of carbonyl (C=O) groups is 1. The molecule has 0 aliphatic heterocycles. The summed E-state index contributed by atoms with van der Waals surface area (Å²) in [5.41, 5.74) is 6.92. The third-order valence-corrected chi connectivity index (χ3v) is 3.34. The topological polar surface area (TPSA) is 52.3 Å². The van der Waals surface area contributed by atoms with Crippen LogP contribution in [-0.4, -0.2) is 18.6 Å². The number of halogens is 1. The second kappa shape index (κ2) is 12.7. The van der Waals surface area contributed by atoms with E-state index in [4.69, 9.17) is 10.5 Å². The summed E-state index contributed by atoms with van der Waals surface area (Å²) in [6.07, 6.45) is 7.65. The first-order valence-electron chi connectivity index (χ1n) is 7.70. The van der Waals surface area contributed by atoms with E-state index < -0.39 is 6.04 Å². The molecule has 1 aromatic rings. The van der Waals surface area contributed by atoms with Crippen molar-refractivity contribution in [3.8, 4) is 0 Å². The van der Waals surface area contributed by atoms with Crippen LogP contribution in [0.25, 0.3) is 0 Å². The van der Waals surface area contributed by atoms with Crippen LogP contribution in [0, 0.1) is 0 Å². The molecule has 2 N–H and O–H groups in total. The van der Waals surface area contributed by atoms with Gasteiger partial charge in [0.05, 0.1) is 6.61 Å². The quantitative estimate of drug-likeness (QED) is 0.527. The van der Waals surface area contributed by atoms with Gasteiger partial charge in [0.2, 0.25) is 0 Å². The number of rotatable bonds is 10. The van der Waals surface area contributed by atoms with Crippen LogP contribution in [0.1, 0.15) is 51.0 Å². The molecular formula is C17H28ClNO2. The van der Waals surface area contributed by atoms with Crippen LogP contribution in [0.5, 0.6) is 0 Å². The van der Waals surface area contributed by atoms with Crippen LogP contribution in [0.3, 0.4) is 0 Å². The molecular weight excluding hydrogens is 286 g/mol. The Kier molecular flexibility index (Phi) is 12.0. The SMILES string of the molecule is CCCCCCCCOC(=O)C(N)Cc1ccccc1.Cl. The summed E-state index contributed by atoms with van der Waals surface area (Å²) in [5.74, 6) is -0.289. The van der Waals surface area contributed by atoms with E-state index in [0.29, 0.717) is 13.0 Å². The fourth-order valence-electron chi connectivity index (χ4n) is 2.11. The summed E-state index contributed by atoms with van der Waals surface area (Å²) in [6, 6.07) is 9.23. The number of unbranched alkanes of at least 4 members (excludes halogenated alkanes) is 5. The number of hydrogen-bond acceptors (Lipinski definition) is 3. The molecule has 0 spiro atoms. The van der Waals surface area contributed by atoms with Crippen LogP contribution in [0.2, 0.25) is 0 Å². The van der Waals surface area contributed by atoms with Crippen molar-refractivity contribution in [3.05, 3.63) is 35.9 Å². The van der Waals surface area contributed by atoms with Gasteiger partial charge >= 0.3 is 5.97 Å². The van der Waals surface area contributed by atoms with E-state index >= 15 is 0 Å². The highest BCUT2D eigenvalue weighted by Crippen LogP contribution is 2.06. The van der Waals surface area contributed by atoms with Crippen LogP contribution >= 0.6 is 12.4 Å². The summed E-state index contributed by atoms with van der Waals surface area (Å²) >= 11 is 0. The molecule has 0 amide bonds. The molecule has 0 fully saturated rings. The van der Waals surface area contributed by atoms with Crippen LogP contribution in [0.15, 0.2) is 30.3 Å². The second-order valence-electron chi connectivity index (χ2n) is 5.23. The molecule has 0 aliphatic rings. The smallest absolute Gasteiger partial charge is 0.323 e. The van der Waals surface area contributed by atoms with Crippen molar-refractivity contribution in [1.29, 1.82) is 0 Å². The number of carbonyl (C=O) groups excluding carboxylic acids is 1. The number of benzene rings is 1. The molecule has 21 heavy (non-hydrogen) atoms. The van der Waals surface area contributed by atoms with Gasteiger partial charge in [-0.05, 0) is 18.4 Å². The van der Waals surface area contributed by atoms with E-state index in [1.807, 2.05) is 30.3 Å². The van der Waals surface area contributed by atoms with Crippen LogP contribution < -0.4 is 5.73 Å². The number of hydrogen-bond donors (Lipinski definition) is 1. The Hall–Kier alpha value is -1.06. The molecule has 0 saturated heterocycles. The first kappa shape index (κ1) is 19.9. The molecule has 4 heteroatoms. The normalized spacial score (nSPS) is 11.5. The van der Waals surface area contributed by atoms with Gasteiger partial charge in [-0.3, -0.25) is 4.79 Å². The minimum Gasteiger partial charge on any atom is -0.465 e. The summed E-state index contributed by atoms with van der Waals surface area (Å²) in [4.78, 5) is 11.7. The molecule has 0 heterocycles. The zero-order valence-electron chi connectivity index (χ0n) is 12.9. The Morgan fingerprint density at radius 2 is 1.71 bits per heavy atom. The molecule has 0 bridgehead atoms. The number of ether oxygens (including phenoxy) is 1. The molecule has 1 aromatic carbocycles. The predicted molar refractivity (Wildman–Crippen MR) is 89.7 cm³/mol. The van der Waals surface area contributed by atoms with Gasteiger partial charge in [0.1, 0.15) is 6.04 Å². The first-order valence-corrected chi connectivity index (χ1v) is 7.70. The monoisotopic (exact) mass is 313 g/mol. The molecule has 1 unspecified atom stereocenters. The molecule has 0 radical (unpaired) electrons. The van der Waals surface area contributed by atoms with Crippen LogP contribution in [0.4, 0.5) is 0 Å². The molecule has 0 aliphatic carbocycles. The van der Waals surface area contributed by atoms with Gasteiger partial charge in [-0.25, -0.2) is 0 Å². The Morgan fingerprint density at radius 1 is 1.10 bits per heavy atom. The van der Waals surface area contributed by atoms with Crippen molar-refractivity contribution in [1.82, 2.24) is 0 Å². The maximum atomic E-state index is 11.7. The average Bonchev–Trinajstić information content (AvgIpc) is 2.47. The van der Waals surface area contributed by atoms with E-state index in [0.717, 1.165) is 18.4 Å². The average molecular weight is 314 g/mol. The highest BCUT2D eigenvalue weighted by Gasteiger charge is 2.15. The van der Waals surface area contributed by atoms with Crippen molar-refractivity contribution in [2.24, 2.45) is 5.73 Å². The highest BCUT2D eigenvalue weighted by atomic mass is 35.5. The van der Waals surface area contributed by atoms with Gasteiger partial charge < -0.3 is 10.5 Å². The van der Waals surface area contributed by atoms with Crippen molar-refractivity contribution >= 4 is 18.4 Å². The Labute approximate surface area is 134 Å². The summed E-state index contributed by atoms with van der Waals surface area (Å²) in [6.45, 7) is 2.70. The van der Waals surface area contributed by atoms with Crippen LogP contribution in [-0.2, 0) is 16.0 Å². The van der Waals surface area contributed by atoms with Crippen molar-refractivity contribution in [2.75, 3.05) is 6.61 Å². The molecule has 3 nitrogen and oxygen atoms in total. The van der Waals surface area contributed by atoms with Gasteiger partial charge in [-0.2, -0.15) is 0 Å². The zero-order chi connectivity index (χ0) is 14.6. The first-order chi connectivity index (χ1) is 9.74. The zero-order valence-corrected chi connectivity index (χ0v) is 13.7. The molecule has 0 aromatic heterocycles. The lowest BCUT2D eigenvalue weighted by Crippen LogP contribution is -2.34. The summed E-state index contributed by atoms with van der Waals surface area (Å²) < 4.78 is 5.22. The highest BCUT2D eigenvalue weighted by molar-refractivity contribution is 5.85. The van der Waals surface area contributed by atoms with E-state index in [1.165, 1.54) is 25.7 Å². The summed E-state index contributed by atoms with van der Waals surface area (Å²) in [5, 5.41) is 0. The van der Waals surface area contributed by atoms with Crippen molar-refractivity contribution in [2.45, 2.75) is 57.9 Å². The lowest BCUT2D eigenvalue weighted by atomic mass is 10.1. The van der Waals surface area contributed by atoms with Crippen molar-refractivity contribution in [3.63, 3.8) is 0 Å². The van der Waals surface area contributed by atoms with E-state index in [2.05, 4.69) is 6.92 Å². The number of nitrogens with two attached hydrogens (primary N) is 1. The molecule has 1 rings (SSSR count). The largest absolute Gasteiger partial charge is 0.465 e. The molecule has 120 valence electrons. The van der Waals surface area contributed by atoms with E-state index in [9.17, 15) is 4.79 Å². The minimum absolute atomic E-state index is 0. The maximum absolute atomic E-state index is 11.7. The van der Waals surface area contributed by atoms with E-state index in [-0.39, 0.29) is 18.4 Å². The Morgan fingerprint density at radius 3 is 2.38 bits per heavy atom. The van der Waals surface area contributed by atoms with Gasteiger partial charge in [0.15, 0.2) is 0 Å². The third kappa shape index (κ3) is 9.48. The van der Waals surface area contributed by atoms with Gasteiger partial charge in [0.25, 0.3) is 0 Å².